The molecule has 1 aliphatic carbocycles. The molecule has 1 aliphatic rings. The molecule has 3 heteroatoms. The average Bonchev–Trinajstić information content (AvgIpc) is 2.12. The molecule has 0 aliphatic heterocycles. The van der Waals surface area contributed by atoms with E-state index in [0.717, 1.165) is 18.4 Å². The highest BCUT2D eigenvalue weighted by molar-refractivity contribution is 9.10. The summed E-state index contributed by atoms with van der Waals surface area (Å²) in [7, 11) is 0. The van der Waals surface area contributed by atoms with Gasteiger partial charge in [-0.3, -0.25) is 4.79 Å². The minimum atomic E-state index is -0.264. The lowest BCUT2D eigenvalue weighted by Crippen LogP contribution is -2.22. The highest BCUT2D eigenvalue weighted by Crippen LogP contribution is 2.26. The Labute approximate surface area is 84.1 Å². The van der Waals surface area contributed by atoms with Gasteiger partial charge in [0.05, 0.1) is 4.83 Å². The number of fused-ring (bicyclic) bond motifs is 1. The molecule has 2 rings (SSSR count). The van der Waals surface area contributed by atoms with Gasteiger partial charge in [0.2, 0.25) is 0 Å². The zero-order valence-corrected chi connectivity index (χ0v) is 8.47. The van der Waals surface area contributed by atoms with Crippen molar-refractivity contribution < 1.29 is 9.18 Å². The van der Waals surface area contributed by atoms with Crippen LogP contribution in [0.4, 0.5) is 4.39 Å². The summed E-state index contributed by atoms with van der Waals surface area (Å²) in [5.74, 6) is -0.194. The number of benzene rings is 1. The van der Waals surface area contributed by atoms with Gasteiger partial charge in [-0.2, -0.15) is 0 Å². The van der Waals surface area contributed by atoms with E-state index in [9.17, 15) is 9.18 Å². The van der Waals surface area contributed by atoms with Gasteiger partial charge in [0.25, 0.3) is 0 Å². The van der Waals surface area contributed by atoms with Gasteiger partial charge in [0, 0.05) is 5.56 Å². The summed E-state index contributed by atoms with van der Waals surface area (Å²) < 4.78 is 12.8. The SMILES string of the molecule is O=C1c2ccc(F)cc2CC[C@@H]1Br. The third-order valence-electron chi connectivity index (χ3n) is 2.28. The van der Waals surface area contributed by atoms with Crippen molar-refractivity contribution in [3.63, 3.8) is 0 Å². The minimum absolute atomic E-state index is 0.0706. The summed E-state index contributed by atoms with van der Waals surface area (Å²) in [5.41, 5.74) is 1.50. The Morgan fingerprint density at radius 2 is 2.23 bits per heavy atom. The maximum Gasteiger partial charge on any atom is 0.176 e. The third kappa shape index (κ3) is 1.53. The number of aryl methyl sites for hydroxylation is 1. The fraction of sp³-hybridized carbons (Fsp3) is 0.300. The van der Waals surface area contributed by atoms with Crippen molar-refractivity contribution in [2.24, 2.45) is 0 Å². The summed E-state index contributed by atoms with van der Waals surface area (Å²) in [6, 6.07) is 4.36. The molecule has 13 heavy (non-hydrogen) atoms. The monoisotopic (exact) mass is 242 g/mol. The Morgan fingerprint density at radius 1 is 1.46 bits per heavy atom. The van der Waals surface area contributed by atoms with Crippen molar-refractivity contribution in [3.8, 4) is 0 Å². The van der Waals surface area contributed by atoms with E-state index in [1.54, 1.807) is 6.07 Å². The van der Waals surface area contributed by atoms with Crippen LogP contribution in [0.3, 0.4) is 0 Å². The predicted molar refractivity (Wildman–Crippen MR) is 51.8 cm³/mol. The van der Waals surface area contributed by atoms with Crippen LogP contribution in [-0.4, -0.2) is 10.6 Å². The molecule has 0 aromatic heterocycles. The smallest absolute Gasteiger partial charge is 0.176 e. The quantitative estimate of drug-likeness (QED) is 0.640. The van der Waals surface area contributed by atoms with Crippen LogP contribution in [0.15, 0.2) is 18.2 Å². The van der Waals surface area contributed by atoms with Gasteiger partial charge in [-0.1, -0.05) is 15.9 Å². The summed E-state index contributed by atoms with van der Waals surface area (Å²) >= 11 is 3.30. The number of ketones is 1. The van der Waals surface area contributed by atoms with Crippen LogP contribution >= 0.6 is 15.9 Å². The second-order valence-electron chi connectivity index (χ2n) is 3.17. The second kappa shape index (κ2) is 3.22. The standard InChI is InChI=1S/C10H8BrFO/c11-9-4-1-6-5-7(12)2-3-8(6)10(9)13/h2-3,5,9H,1,4H2/t9-/m0/s1. The number of hydrogen-bond acceptors (Lipinski definition) is 1. The molecule has 0 fully saturated rings. The van der Waals surface area contributed by atoms with E-state index < -0.39 is 0 Å². The van der Waals surface area contributed by atoms with E-state index >= 15 is 0 Å². The first-order valence-corrected chi connectivity index (χ1v) is 5.07. The minimum Gasteiger partial charge on any atom is -0.293 e. The molecule has 1 nitrogen and oxygen atoms in total. The molecule has 0 amide bonds. The van der Waals surface area contributed by atoms with Gasteiger partial charge in [-0.15, -0.1) is 0 Å². The fourth-order valence-corrected chi connectivity index (χ4v) is 2.07. The predicted octanol–water partition coefficient (Wildman–Crippen LogP) is 2.72. The van der Waals surface area contributed by atoms with E-state index in [1.807, 2.05) is 0 Å². The molecular weight excluding hydrogens is 235 g/mol. The number of hydrogen-bond donors (Lipinski definition) is 0. The molecule has 0 saturated heterocycles. The topological polar surface area (TPSA) is 17.1 Å². The molecule has 0 unspecified atom stereocenters. The van der Waals surface area contributed by atoms with Gasteiger partial charge in [0.15, 0.2) is 5.78 Å². The lowest BCUT2D eigenvalue weighted by Gasteiger charge is -2.18. The highest BCUT2D eigenvalue weighted by atomic mass is 79.9. The number of carbonyl (C=O) groups excluding carboxylic acids is 1. The van der Waals surface area contributed by atoms with Gasteiger partial charge in [0.1, 0.15) is 5.82 Å². The Bertz CT molecular complexity index is 362. The molecule has 0 bridgehead atoms. The molecular formula is C10H8BrFO. The largest absolute Gasteiger partial charge is 0.293 e. The summed E-state index contributed by atoms with van der Waals surface area (Å²) in [6.45, 7) is 0. The highest BCUT2D eigenvalue weighted by Gasteiger charge is 2.24. The van der Waals surface area contributed by atoms with Crippen molar-refractivity contribution >= 4 is 21.7 Å². The van der Waals surface area contributed by atoms with Gasteiger partial charge in [-0.25, -0.2) is 4.39 Å². The first-order valence-electron chi connectivity index (χ1n) is 4.15. The zero-order chi connectivity index (χ0) is 9.42. The van der Waals surface area contributed by atoms with E-state index in [1.165, 1.54) is 12.1 Å². The molecule has 68 valence electrons. The Hall–Kier alpha value is -0.700. The van der Waals surface area contributed by atoms with E-state index in [0.29, 0.717) is 5.56 Å². The summed E-state index contributed by atoms with van der Waals surface area (Å²) in [5, 5.41) is 0. The van der Waals surface area contributed by atoms with Crippen LogP contribution in [0.5, 0.6) is 0 Å². The first kappa shape index (κ1) is 8.88. The van der Waals surface area contributed by atoms with E-state index in [-0.39, 0.29) is 16.4 Å². The normalized spacial score (nSPS) is 21.4. The van der Waals surface area contributed by atoms with Crippen LogP contribution < -0.4 is 0 Å². The maximum absolute atomic E-state index is 12.8. The molecule has 0 radical (unpaired) electrons. The van der Waals surface area contributed by atoms with Crippen molar-refractivity contribution in [1.29, 1.82) is 0 Å². The molecule has 0 spiro atoms. The van der Waals surface area contributed by atoms with Gasteiger partial charge in [-0.05, 0) is 36.6 Å². The summed E-state index contributed by atoms with van der Waals surface area (Å²) in [4.78, 5) is 11.5. The van der Waals surface area contributed by atoms with Crippen LogP contribution in [-0.2, 0) is 6.42 Å². The lowest BCUT2D eigenvalue weighted by molar-refractivity contribution is 0.0981. The second-order valence-corrected chi connectivity index (χ2v) is 4.28. The maximum atomic E-state index is 12.8. The molecule has 0 heterocycles. The number of Topliss-reactive ketones (excluding diaryl/α,β-unsaturated/α-hetero) is 1. The summed E-state index contributed by atoms with van der Waals surface area (Å²) in [6.07, 6.45) is 1.53. The van der Waals surface area contributed by atoms with Crippen LogP contribution in [0.25, 0.3) is 0 Å². The lowest BCUT2D eigenvalue weighted by atomic mass is 9.91. The molecule has 1 aromatic rings. The third-order valence-corrected chi connectivity index (χ3v) is 3.16. The Kier molecular flexibility index (Phi) is 2.20. The number of alkyl halides is 1. The number of carbonyl (C=O) groups is 1. The van der Waals surface area contributed by atoms with Gasteiger partial charge >= 0.3 is 0 Å². The Morgan fingerprint density at radius 3 is 3.00 bits per heavy atom. The first-order chi connectivity index (χ1) is 6.18. The fourth-order valence-electron chi connectivity index (χ4n) is 1.59. The van der Waals surface area contributed by atoms with Crippen molar-refractivity contribution in [1.82, 2.24) is 0 Å². The van der Waals surface area contributed by atoms with Crippen LogP contribution in [0.1, 0.15) is 22.3 Å². The van der Waals surface area contributed by atoms with E-state index in [2.05, 4.69) is 15.9 Å². The zero-order valence-electron chi connectivity index (χ0n) is 6.89. The van der Waals surface area contributed by atoms with Crippen LogP contribution in [0.2, 0.25) is 0 Å². The van der Waals surface area contributed by atoms with Crippen molar-refractivity contribution in [2.45, 2.75) is 17.7 Å². The molecule has 1 aromatic carbocycles. The molecule has 0 saturated carbocycles. The van der Waals surface area contributed by atoms with Crippen molar-refractivity contribution in [2.75, 3.05) is 0 Å². The van der Waals surface area contributed by atoms with Gasteiger partial charge < -0.3 is 0 Å². The Balaban J connectivity index is 2.50. The number of halogens is 2. The van der Waals surface area contributed by atoms with Crippen LogP contribution in [0, 0.1) is 5.82 Å². The van der Waals surface area contributed by atoms with Crippen molar-refractivity contribution in [3.05, 3.63) is 35.1 Å². The molecule has 1 atom stereocenters. The number of rotatable bonds is 0. The van der Waals surface area contributed by atoms with E-state index in [4.69, 9.17) is 0 Å². The average molecular weight is 243 g/mol. The molecule has 0 N–H and O–H groups in total.